The summed E-state index contributed by atoms with van der Waals surface area (Å²) in [6, 6.07) is 17.0. The van der Waals surface area contributed by atoms with Gasteiger partial charge in [-0.3, -0.25) is 9.59 Å². The van der Waals surface area contributed by atoms with Gasteiger partial charge in [0, 0.05) is 15.6 Å². The summed E-state index contributed by atoms with van der Waals surface area (Å²) in [7, 11) is 0. The number of halogens is 1. The van der Waals surface area contributed by atoms with Gasteiger partial charge in [-0.1, -0.05) is 29.8 Å². The molecule has 2 amide bonds. The van der Waals surface area contributed by atoms with Crippen LogP contribution in [0.2, 0.25) is 5.02 Å². The number of benzene rings is 2. The van der Waals surface area contributed by atoms with Crippen LogP contribution in [0.1, 0.15) is 6.42 Å². The van der Waals surface area contributed by atoms with Gasteiger partial charge < -0.3 is 10.6 Å². The van der Waals surface area contributed by atoms with Gasteiger partial charge in [0.15, 0.2) is 0 Å². The fraction of sp³-hybridized carbons (Fsp3) is 0.125. The minimum Gasteiger partial charge on any atom is -0.343 e. The fourth-order valence-electron chi connectivity index (χ4n) is 1.68. The average molecular weight is 335 g/mol. The molecule has 1 aliphatic heterocycles. The molecule has 1 atom stereocenters. The van der Waals surface area contributed by atoms with Crippen LogP contribution in [0.5, 0.6) is 0 Å². The highest BCUT2D eigenvalue weighted by atomic mass is 35.5. The van der Waals surface area contributed by atoms with Crippen molar-refractivity contribution in [3.63, 3.8) is 0 Å². The monoisotopic (exact) mass is 334 g/mol. The Labute approximate surface area is 138 Å². The number of carbonyl (C=O) groups is 2. The number of hydrogen-bond donors (Lipinski definition) is 2. The molecule has 1 aliphatic rings. The molecule has 1 fully saturated rings. The maximum absolute atomic E-state index is 10.6. The second-order valence-corrected chi connectivity index (χ2v) is 6.17. The van der Waals surface area contributed by atoms with Gasteiger partial charge in [-0.05, 0) is 36.4 Å². The normalized spacial score (nSPS) is 15.7. The summed E-state index contributed by atoms with van der Waals surface area (Å²) in [5.41, 5.74) is 0.749. The van der Waals surface area contributed by atoms with Gasteiger partial charge >= 0.3 is 0 Å². The van der Waals surface area contributed by atoms with Crippen molar-refractivity contribution in [1.82, 2.24) is 5.32 Å². The number of β-lactam (4-membered cyclic amide) rings is 1. The van der Waals surface area contributed by atoms with E-state index in [1.165, 1.54) is 4.90 Å². The summed E-state index contributed by atoms with van der Waals surface area (Å²) >= 11 is 7.30. The lowest BCUT2D eigenvalue weighted by Gasteiger charge is -2.25. The van der Waals surface area contributed by atoms with Crippen LogP contribution in [0, 0.1) is 0 Å². The van der Waals surface area contributed by atoms with Gasteiger partial charge in [0.05, 0.1) is 11.8 Å². The van der Waals surface area contributed by atoms with Gasteiger partial charge in [0.25, 0.3) is 0 Å². The molecule has 114 valence electrons. The van der Waals surface area contributed by atoms with Gasteiger partial charge in [-0.15, -0.1) is 11.8 Å². The van der Waals surface area contributed by atoms with Crippen molar-refractivity contribution in [2.24, 2.45) is 0 Å². The number of anilines is 1. The first kappa shape index (κ1) is 16.4. The first-order valence-corrected chi connectivity index (χ1v) is 7.90. The molecule has 22 heavy (non-hydrogen) atoms. The molecule has 2 aromatic carbocycles. The molecule has 1 unspecified atom stereocenters. The minimum absolute atomic E-state index is 0.156. The highest BCUT2D eigenvalue weighted by Crippen LogP contribution is 2.27. The maximum atomic E-state index is 10.6. The smallest absolute Gasteiger partial charge is 0.223 e. The molecule has 2 aromatic rings. The first-order chi connectivity index (χ1) is 10.7. The van der Waals surface area contributed by atoms with Crippen LogP contribution in [-0.2, 0) is 9.59 Å². The maximum Gasteiger partial charge on any atom is 0.223 e. The zero-order valence-corrected chi connectivity index (χ0v) is 13.2. The molecular formula is C16H15ClN2O2S. The van der Waals surface area contributed by atoms with Crippen molar-refractivity contribution >= 4 is 41.4 Å². The Morgan fingerprint density at radius 3 is 2.32 bits per heavy atom. The van der Waals surface area contributed by atoms with E-state index in [0.29, 0.717) is 23.2 Å². The number of nitrogens with one attached hydrogen (secondary N) is 2. The lowest BCUT2D eigenvalue weighted by molar-refractivity contribution is -0.126. The third-order valence-corrected chi connectivity index (χ3v) is 4.15. The summed E-state index contributed by atoms with van der Waals surface area (Å²) in [6.07, 6.45) is 1.28. The van der Waals surface area contributed by atoms with Crippen molar-refractivity contribution in [1.29, 1.82) is 0 Å². The summed E-state index contributed by atoms with van der Waals surface area (Å²) in [5, 5.41) is 6.27. The number of thioether (sulfide) groups is 1. The summed E-state index contributed by atoms with van der Waals surface area (Å²) < 4.78 is 0. The molecule has 4 nitrogen and oxygen atoms in total. The molecule has 0 bridgehead atoms. The molecule has 0 aromatic heterocycles. The molecule has 1 saturated heterocycles. The van der Waals surface area contributed by atoms with Crippen molar-refractivity contribution in [2.75, 3.05) is 5.32 Å². The number of amides is 2. The third kappa shape index (κ3) is 5.42. The van der Waals surface area contributed by atoms with E-state index in [0.717, 1.165) is 5.69 Å². The van der Waals surface area contributed by atoms with E-state index in [9.17, 15) is 9.59 Å². The third-order valence-electron chi connectivity index (χ3n) is 2.78. The number of hydrogen-bond acceptors (Lipinski definition) is 3. The van der Waals surface area contributed by atoms with E-state index in [-0.39, 0.29) is 5.91 Å². The van der Waals surface area contributed by atoms with Crippen LogP contribution in [-0.4, -0.2) is 17.7 Å². The van der Waals surface area contributed by atoms with Crippen molar-refractivity contribution in [3.8, 4) is 0 Å². The number of carbonyl (C=O) groups excluding carboxylic acids is 2. The van der Waals surface area contributed by atoms with Crippen molar-refractivity contribution in [2.45, 2.75) is 16.7 Å². The quantitative estimate of drug-likeness (QED) is 0.664. The zero-order chi connectivity index (χ0) is 15.8. The van der Waals surface area contributed by atoms with E-state index >= 15 is 0 Å². The van der Waals surface area contributed by atoms with Crippen LogP contribution < -0.4 is 10.6 Å². The summed E-state index contributed by atoms with van der Waals surface area (Å²) in [4.78, 5) is 21.7. The standard InChI is InChI=1S/C9H9NOS.C7H6ClNO/c11-8-6-9(10-8)12-7-4-2-1-3-5-7;8-6-1-3-7(4-2-6)9-5-10/h1-5,9H,6H2,(H,10,11);1-5H,(H,9,10). The Hall–Kier alpha value is -1.98. The van der Waals surface area contributed by atoms with Crippen LogP contribution in [0.4, 0.5) is 5.69 Å². The highest BCUT2D eigenvalue weighted by Gasteiger charge is 2.25. The lowest BCUT2D eigenvalue weighted by atomic mass is 10.3. The van der Waals surface area contributed by atoms with Gasteiger partial charge in [-0.25, -0.2) is 0 Å². The molecule has 0 aliphatic carbocycles. The van der Waals surface area contributed by atoms with Gasteiger partial charge in [0.1, 0.15) is 0 Å². The van der Waals surface area contributed by atoms with E-state index in [4.69, 9.17) is 11.6 Å². The van der Waals surface area contributed by atoms with E-state index in [1.54, 1.807) is 36.0 Å². The number of rotatable bonds is 4. The lowest BCUT2D eigenvalue weighted by Crippen LogP contribution is -2.46. The average Bonchev–Trinajstić information content (AvgIpc) is 2.50. The molecule has 0 spiro atoms. The second kappa shape index (κ2) is 8.46. The van der Waals surface area contributed by atoms with Crippen molar-refractivity contribution < 1.29 is 9.59 Å². The summed E-state index contributed by atoms with van der Waals surface area (Å²) in [6.45, 7) is 0. The second-order valence-electron chi connectivity index (χ2n) is 4.46. The van der Waals surface area contributed by atoms with Crippen LogP contribution in [0.15, 0.2) is 59.5 Å². The fourth-order valence-corrected chi connectivity index (χ4v) is 2.87. The molecular weight excluding hydrogens is 320 g/mol. The molecule has 1 heterocycles. The topological polar surface area (TPSA) is 58.2 Å². The Balaban J connectivity index is 0.000000164. The van der Waals surface area contributed by atoms with Gasteiger partial charge in [-0.2, -0.15) is 0 Å². The van der Waals surface area contributed by atoms with Crippen LogP contribution in [0.3, 0.4) is 0 Å². The Kier molecular flexibility index (Phi) is 6.30. The molecule has 3 rings (SSSR count). The van der Waals surface area contributed by atoms with Crippen LogP contribution >= 0.6 is 23.4 Å². The Bertz CT molecular complexity index is 612. The molecule has 6 heteroatoms. The largest absolute Gasteiger partial charge is 0.343 e. The van der Waals surface area contributed by atoms with E-state index in [1.807, 2.05) is 18.2 Å². The predicted octanol–water partition coefficient (Wildman–Crippen LogP) is 3.53. The Morgan fingerprint density at radius 1 is 1.14 bits per heavy atom. The van der Waals surface area contributed by atoms with E-state index in [2.05, 4.69) is 22.8 Å². The molecule has 0 saturated carbocycles. The van der Waals surface area contributed by atoms with E-state index < -0.39 is 0 Å². The summed E-state index contributed by atoms with van der Waals surface area (Å²) in [5.74, 6) is 0.156. The highest BCUT2D eigenvalue weighted by molar-refractivity contribution is 8.00. The van der Waals surface area contributed by atoms with Gasteiger partial charge in [0.2, 0.25) is 12.3 Å². The minimum atomic E-state index is 0.156. The molecule has 0 radical (unpaired) electrons. The first-order valence-electron chi connectivity index (χ1n) is 6.64. The Morgan fingerprint density at radius 2 is 1.77 bits per heavy atom. The predicted molar refractivity (Wildman–Crippen MR) is 90.0 cm³/mol. The molecule has 2 N–H and O–H groups in total. The van der Waals surface area contributed by atoms with Crippen LogP contribution in [0.25, 0.3) is 0 Å². The van der Waals surface area contributed by atoms with Crippen molar-refractivity contribution in [3.05, 3.63) is 59.6 Å². The SMILES string of the molecule is O=C1CC(Sc2ccccc2)N1.O=CNc1ccc(Cl)cc1. The zero-order valence-electron chi connectivity index (χ0n) is 11.7.